The van der Waals surface area contributed by atoms with E-state index in [4.69, 9.17) is 16.7 Å². The molecule has 0 spiro atoms. The number of aliphatic carboxylic acids is 1. The Morgan fingerprint density at radius 1 is 1.35 bits per heavy atom. The summed E-state index contributed by atoms with van der Waals surface area (Å²) < 4.78 is 0. The van der Waals surface area contributed by atoms with Crippen LogP contribution in [0.5, 0.6) is 0 Å². The summed E-state index contributed by atoms with van der Waals surface area (Å²) in [5.74, 6) is -0.542. The number of nitrogens with zero attached hydrogens (tertiary/aromatic N) is 1. The van der Waals surface area contributed by atoms with Gasteiger partial charge in [-0.1, -0.05) is 30.7 Å². The van der Waals surface area contributed by atoms with Crippen molar-refractivity contribution in [3.05, 3.63) is 34.9 Å². The van der Waals surface area contributed by atoms with Crippen LogP contribution in [-0.2, 0) is 4.79 Å². The number of rotatable bonds is 5. The summed E-state index contributed by atoms with van der Waals surface area (Å²) in [7, 11) is 1.82. The highest BCUT2D eigenvalue weighted by molar-refractivity contribution is 6.30. The number of carbonyl (C=O) groups is 1. The van der Waals surface area contributed by atoms with Crippen molar-refractivity contribution < 1.29 is 9.90 Å². The molecule has 0 aliphatic rings. The minimum atomic E-state index is -0.803. The topological polar surface area (TPSA) is 40.5 Å². The van der Waals surface area contributed by atoms with Crippen LogP contribution in [0.2, 0.25) is 5.02 Å². The average molecular weight is 256 g/mol. The molecule has 94 valence electrons. The monoisotopic (exact) mass is 255 g/mol. The van der Waals surface area contributed by atoms with Gasteiger partial charge in [0, 0.05) is 11.1 Å². The molecule has 17 heavy (non-hydrogen) atoms. The fraction of sp³-hybridized carbons (Fsp3) is 0.462. The maximum Gasteiger partial charge on any atom is 0.317 e. The Morgan fingerprint density at radius 3 is 2.35 bits per heavy atom. The van der Waals surface area contributed by atoms with E-state index in [9.17, 15) is 4.79 Å². The highest BCUT2D eigenvalue weighted by atomic mass is 35.5. The van der Waals surface area contributed by atoms with Gasteiger partial charge in [0.25, 0.3) is 0 Å². The summed E-state index contributed by atoms with van der Waals surface area (Å²) in [4.78, 5) is 12.5. The van der Waals surface area contributed by atoms with Gasteiger partial charge in [-0.3, -0.25) is 9.69 Å². The Morgan fingerprint density at radius 2 is 1.88 bits per heavy atom. The molecular weight excluding hydrogens is 238 g/mol. The number of likely N-dealkylation sites (N-methyl/N-ethyl adjacent to an activating group) is 1. The van der Waals surface area contributed by atoms with Gasteiger partial charge >= 0.3 is 5.97 Å². The van der Waals surface area contributed by atoms with Gasteiger partial charge in [-0.25, -0.2) is 0 Å². The third-order valence-corrected chi connectivity index (χ3v) is 3.45. The molecule has 1 aromatic carbocycles. The van der Waals surface area contributed by atoms with Gasteiger partial charge < -0.3 is 5.11 Å². The van der Waals surface area contributed by atoms with Crippen molar-refractivity contribution in [2.45, 2.75) is 25.8 Å². The first-order valence-corrected chi connectivity index (χ1v) is 5.97. The van der Waals surface area contributed by atoms with E-state index in [1.807, 2.05) is 43.1 Å². The van der Waals surface area contributed by atoms with Crippen molar-refractivity contribution in [1.82, 2.24) is 4.90 Å². The second-order valence-corrected chi connectivity index (χ2v) is 4.83. The molecule has 0 amide bonds. The normalized spacial score (nSPS) is 14.6. The minimum absolute atomic E-state index is 0.0547. The molecule has 2 atom stereocenters. The van der Waals surface area contributed by atoms with E-state index in [1.54, 1.807) is 0 Å². The standard InChI is InChI=1S/C13H18ClNO2/c1-9(10(2)15(3)8-13(16)17)11-4-6-12(14)7-5-11/h4-7,9-10H,8H2,1-3H3,(H,16,17)/t9-,10-/m0/s1. The Kier molecular flexibility index (Phi) is 4.97. The molecule has 0 radical (unpaired) electrons. The smallest absolute Gasteiger partial charge is 0.317 e. The zero-order valence-corrected chi connectivity index (χ0v) is 11.1. The second-order valence-electron chi connectivity index (χ2n) is 4.39. The lowest BCUT2D eigenvalue weighted by atomic mass is 9.93. The third-order valence-electron chi connectivity index (χ3n) is 3.20. The lowest BCUT2D eigenvalue weighted by Crippen LogP contribution is -2.37. The van der Waals surface area contributed by atoms with Crippen LogP contribution in [-0.4, -0.2) is 35.6 Å². The first kappa shape index (κ1) is 14.0. The Balaban J connectivity index is 2.71. The van der Waals surface area contributed by atoms with Gasteiger partial charge in [-0.2, -0.15) is 0 Å². The van der Waals surface area contributed by atoms with Crippen LogP contribution < -0.4 is 0 Å². The van der Waals surface area contributed by atoms with Crippen LogP contribution in [0, 0.1) is 0 Å². The van der Waals surface area contributed by atoms with Crippen LogP contribution in [0.3, 0.4) is 0 Å². The van der Waals surface area contributed by atoms with Gasteiger partial charge in [0.1, 0.15) is 0 Å². The SMILES string of the molecule is C[C@H](c1ccc(Cl)cc1)[C@H](C)N(C)CC(=O)O. The molecular formula is C13H18ClNO2. The van der Waals surface area contributed by atoms with Gasteiger partial charge in [0.15, 0.2) is 0 Å². The van der Waals surface area contributed by atoms with Crippen LogP contribution in [0.15, 0.2) is 24.3 Å². The first-order valence-electron chi connectivity index (χ1n) is 5.59. The number of carboxylic acid groups (broad SMARTS) is 1. The van der Waals surface area contributed by atoms with Gasteiger partial charge in [0.2, 0.25) is 0 Å². The molecule has 0 aliphatic heterocycles. The molecule has 0 unspecified atom stereocenters. The van der Waals surface area contributed by atoms with Gasteiger partial charge in [-0.05, 0) is 37.6 Å². The highest BCUT2D eigenvalue weighted by Gasteiger charge is 2.20. The third kappa shape index (κ3) is 4.02. The fourth-order valence-electron chi connectivity index (χ4n) is 1.78. The van der Waals surface area contributed by atoms with E-state index in [-0.39, 0.29) is 18.5 Å². The molecule has 4 heteroatoms. The van der Waals surface area contributed by atoms with Gasteiger partial charge in [0.05, 0.1) is 6.54 Å². The molecule has 0 aliphatic carbocycles. The van der Waals surface area contributed by atoms with Crippen LogP contribution in [0.4, 0.5) is 0 Å². The first-order chi connectivity index (χ1) is 7.91. The summed E-state index contributed by atoms with van der Waals surface area (Å²) in [6.45, 7) is 4.17. The van der Waals surface area contributed by atoms with Crippen molar-refractivity contribution >= 4 is 17.6 Å². The molecule has 0 aromatic heterocycles. The van der Waals surface area contributed by atoms with E-state index >= 15 is 0 Å². The number of hydrogen-bond donors (Lipinski definition) is 1. The van der Waals surface area contributed by atoms with E-state index in [2.05, 4.69) is 6.92 Å². The molecule has 0 bridgehead atoms. The molecule has 0 saturated carbocycles. The predicted molar refractivity (Wildman–Crippen MR) is 69.6 cm³/mol. The predicted octanol–water partition coefficient (Wildman–Crippen LogP) is 2.85. The Bertz CT molecular complexity index is 378. The zero-order valence-electron chi connectivity index (χ0n) is 10.4. The van der Waals surface area contributed by atoms with Crippen LogP contribution in [0.25, 0.3) is 0 Å². The van der Waals surface area contributed by atoms with Crippen molar-refractivity contribution in [3.63, 3.8) is 0 Å². The van der Waals surface area contributed by atoms with Crippen molar-refractivity contribution in [2.24, 2.45) is 0 Å². The minimum Gasteiger partial charge on any atom is -0.480 e. The van der Waals surface area contributed by atoms with E-state index < -0.39 is 5.97 Å². The van der Waals surface area contributed by atoms with Gasteiger partial charge in [-0.15, -0.1) is 0 Å². The molecule has 1 aromatic rings. The Hall–Kier alpha value is -1.06. The summed E-state index contributed by atoms with van der Waals surface area (Å²) >= 11 is 5.84. The summed E-state index contributed by atoms with van der Waals surface area (Å²) in [6.07, 6.45) is 0. The van der Waals surface area contributed by atoms with Crippen molar-refractivity contribution in [1.29, 1.82) is 0 Å². The molecule has 1 N–H and O–H groups in total. The number of hydrogen-bond acceptors (Lipinski definition) is 2. The largest absolute Gasteiger partial charge is 0.480 e. The van der Waals surface area contributed by atoms with Crippen LogP contribution >= 0.6 is 11.6 Å². The summed E-state index contributed by atoms with van der Waals surface area (Å²) in [6, 6.07) is 7.84. The fourth-order valence-corrected chi connectivity index (χ4v) is 1.91. The lowest BCUT2D eigenvalue weighted by Gasteiger charge is -2.28. The summed E-state index contributed by atoms with van der Waals surface area (Å²) in [5.41, 5.74) is 1.17. The van der Waals surface area contributed by atoms with E-state index in [0.29, 0.717) is 5.02 Å². The number of carboxylic acids is 1. The average Bonchev–Trinajstić information content (AvgIpc) is 2.27. The van der Waals surface area contributed by atoms with E-state index in [0.717, 1.165) is 0 Å². The molecule has 1 rings (SSSR count). The highest BCUT2D eigenvalue weighted by Crippen LogP contribution is 2.23. The van der Waals surface area contributed by atoms with Crippen LogP contribution in [0.1, 0.15) is 25.3 Å². The molecule has 0 heterocycles. The summed E-state index contributed by atoms with van der Waals surface area (Å²) in [5, 5.41) is 9.48. The van der Waals surface area contributed by atoms with Crippen molar-refractivity contribution in [3.8, 4) is 0 Å². The maximum atomic E-state index is 10.7. The molecule has 0 fully saturated rings. The van der Waals surface area contributed by atoms with E-state index in [1.165, 1.54) is 5.56 Å². The maximum absolute atomic E-state index is 10.7. The number of halogens is 1. The zero-order chi connectivity index (χ0) is 13.0. The molecule has 3 nitrogen and oxygen atoms in total. The molecule has 0 saturated heterocycles. The number of benzene rings is 1. The lowest BCUT2D eigenvalue weighted by molar-refractivity contribution is -0.138. The quantitative estimate of drug-likeness (QED) is 0.880. The second kappa shape index (κ2) is 6.03. The van der Waals surface area contributed by atoms with Crippen molar-refractivity contribution in [2.75, 3.05) is 13.6 Å². The Labute approximate surface area is 107 Å².